The molecule has 3 N–H and O–H groups in total. The van der Waals surface area contributed by atoms with Crippen molar-refractivity contribution < 1.29 is 14.4 Å². The first-order chi connectivity index (χ1) is 20.1. The normalized spacial score (nSPS) is 14.5. The van der Waals surface area contributed by atoms with E-state index in [1.54, 1.807) is 11.3 Å². The standard InChI is InChI=1S/C14H17NS.C10H19NO.C6H13N3O.C2H6.CH2O/c1-3-4-5-12-6-8-13(9-7-12)14-11(2)15-10-16-14;1-10(2,3)8-9(12)11-6-4-5-7-11;7-6(10)5-9-3-1-8-2-4-9;2*1-2/h6-10H,3-5H2,1-2H3;4-8H2,1-3H3;8H,1-5H2,(H2,7,10);1-2H3;1H2. The number of amides is 2. The summed E-state index contributed by atoms with van der Waals surface area (Å²) in [5.74, 6) is 0.0990. The summed E-state index contributed by atoms with van der Waals surface area (Å²) in [4.78, 5) is 39.6. The predicted molar refractivity (Wildman–Crippen MR) is 178 cm³/mol. The van der Waals surface area contributed by atoms with E-state index in [4.69, 9.17) is 10.5 Å². The van der Waals surface area contributed by atoms with Crippen LogP contribution in [0.2, 0.25) is 0 Å². The van der Waals surface area contributed by atoms with E-state index in [1.807, 2.05) is 31.0 Å². The second-order valence-electron chi connectivity index (χ2n) is 11.4. The Kier molecular flexibility index (Phi) is 21.5. The molecule has 3 heterocycles. The van der Waals surface area contributed by atoms with E-state index in [0.29, 0.717) is 18.9 Å². The maximum absolute atomic E-state index is 11.6. The van der Waals surface area contributed by atoms with Gasteiger partial charge >= 0.3 is 0 Å². The van der Waals surface area contributed by atoms with Gasteiger partial charge < -0.3 is 20.7 Å². The summed E-state index contributed by atoms with van der Waals surface area (Å²) in [6.45, 7) is 22.8. The zero-order valence-electron chi connectivity index (χ0n) is 27.3. The molecule has 2 fully saturated rings. The number of nitrogens with two attached hydrogens (primary N) is 1. The number of hydrogen-bond donors (Lipinski definition) is 2. The molecule has 2 aliphatic heterocycles. The summed E-state index contributed by atoms with van der Waals surface area (Å²) in [7, 11) is 0. The molecule has 0 saturated carbocycles. The van der Waals surface area contributed by atoms with Crippen LogP contribution in [0.1, 0.15) is 84.9 Å². The van der Waals surface area contributed by atoms with Crippen molar-refractivity contribution in [3.8, 4) is 10.4 Å². The topological polar surface area (TPSA) is 109 Å². The molecule has 238 valence electrons. The van der Waals surface area contributed by atoms with E-state index in [9.17, 15) is 9.59 Å². The van der Waals surface area contributed by atoms with Gasteiger partial charge in [-0.1, -0.05) is 72.2 Å². The summed E-state index contributed by atoms with van der Waals surface area (Å²) in [6.07, 6.45) is 6.80. The van der Waals surface area contributed by atoms with Gasteiger partial charge in [0.05, 0.1) is 22.6 Å². The van der Waals surface area contributed by atoms with Crippen molar-refractivity contribution in [2.75, 3.05) is 45.8 Å². The third-order valence-electron chi connectivity index (χ3n) is 6.51. The molecule has 1 aromatic heterocycles. The summed E-state index contributed by atoms with van der Waals surface area (Å²) in [5, 5.41) is 3.19. The van der Waals surface area contributed by atoms with Crippen molar-refractivity contribution in [2.24, 2.45) is 11.1 Å². The molecule has 0 atom stereocenters. The average molecular weight is 604 g/mol. The highest BCUT2D eigenvalue weighted by atomic mass is 32.1. The first-order valence-electron chi connectivity index (χ1n) is 15.4. The van der Waals surface area contributed by atoms with Crippen molar-refractivity contribution >= 4 is 29.9 Å². The fourth-order valence-corrected chi connectivity index (χ4v) is 5.22. The second kappa shape index (κ2) is 22.9. The monoisotopic (exact) mass is 603 g/mol. The zero-order valence-corrected chi connectivity index (χ0v) is 28.2. The Morgan fingerprint density at radius 2 is 1.60 bits per heavy atom. The van der Waals surface area contributed by atoms with Gasteiger partial charge in [0.2, 0.25) is 11.8 Å². The Balaban J connectivity index is 0.000000581. The molecule has 0 aliphatic carbocycles. The molecule has 42 heavy (non-hydrogen) atoms. The van der Waals surface area contributed by atoms with Crippen LogP contribution in [0.15, 0.2) is 29.8 Å². The van der Waals surface area contributed by atoms with E-state index in [-0.39, 0.29) is 11.3 Å². The van der Waals surface area contributed by atoms with E-state index >= 15 is 0 Å². The van der Waals surface area contributed by atoms with Crippen LogP contribution < -0.4 is 11.1 Å². The van der Waals surface area contributed by atoms with Crippen molar-refractivity contribution in [1.82, 2.24) is 20.1 Å². The number of likely N-dealkylation sites (tertiary alicyclic amines) is 1. The first kappa shape index (κ1) is 39.4. The van der Waals surface area contributed by atoms with Gasteiger partial charge in [0.1, 0.15) is 6.79 Å². The third-order valence-corrected chi connectivity index (χ3v) is 7.49. The molecular weight excluding hydrogens is 546 g/mol. The number of aromatic nitrogens is 1. The summed E-state index contributed by atoms with van der Waals surface area (Å²) in [5.41, 5.74) is 10.9. The second-order valence-corrected chi connectivity index (χ2v) is 12.2. The number of nitrogens with one attached hydrogen (secondary N) is 1. The van der Waals surface area contributed by atoms with Crippen molar-refractivity contribution in [2.45, 2.75) is 87.0 Å². The van der Waals surface area contributed by atoms with Crippen LogP contribution in [0.25, 0.3) is 10.4 Å². The highest BCUT2D eigenvalue weighted by Gasteiger charge is 2.22. The third kappa shape index (κ3) is 17.4. The van der Waals surface area contributed by atoms with E-state index in [0.717, 1.165) is 45.0 Å². The highest BCUT2D eigenvalue weighted by Crippen LogP contribution is 2.27. The Morgan fingerprint density at radius 3 is 2.05 bits per heavy atom. The molecule has 2 amide bonds. The van der Waals surface area contributed by atoms with Gasteiger partial charge in [0.15, 0.2) is 0 Å². The number of piperazine rings is 1. The number of primary amides is 1. The van der Waals surface area contributed by atoms with Gasteiger partial charge in [-0.05, 0) is 49.1 Å². The molecule has 0 spiro atoms. The fraction of sp³-hybridized carbons (Fsp3) is 0.636. The molecule has 0 unspecified atom stereocenters. The van der Waals surface area contributed by atoms with Gasteiger partial charge in [0, 0.05) is 45.7 Å². The number of rotatable bonds is 7. The number of aryl methyl sites for hydroxylation is 2. The molecular formula is C33H57N5O3S. The van der Waals surface area contributed by atoms with Crippen LogP contribution in [0.4, 0.5) is 0 Å². The smallest absolute Gasteiger partial charge is 0.231 e. The number of benzene rings is 1. The largest absolute Gasteiger partial charge is 0.369 e. The van der Waals surface area contributed by atoms with Crippen LogP contribution in [0, 0.1) is 12.3 Å². The molecule has 4 rings (SSSR count). The first-order valence-corrected chi connectivity index (χ1v) is 16.2. The molecule has 8 nitrogen and oxygen atoms in total. The van der Waals surface area contributed by atoms with Gasteiger partial charge in [-0.15, -0.1) is 11.3 Å². The Labute approximate surface area is 259 Å². The van der Waals surface area contributed by atoms with Crippen LogP contribution in [-0.2, 0) is 20.8 Å². The Bertz CT molecular complexity index is 976. The Morgan fingerprint density at radius 1 is 1.02 bits per heavy atom. The molecule has 2 aliphatic rings. The minimum atomic E-state index is -0.234. The summed E-state index contributed by atoms with van der Waals surface area (Å²) in [6, 6.07) is 8.91. The molecule has 0 radical (unpaired) electrons. The van der Waals surface area contributed by atoms with Crippen LogP contribution in [0.3, 0.4) is 0 Å². The van der Waals surface area contributed by atoms with E-state index in [2.05, 4.69) is 74.1 Å². The summed E-state index contributed by atoms with van der Waals surface area (Å²) >= 11 is 1.72. The fourth-order valence-electron chi connectivity index (χ4n) is 4.40. The van der Waals surface area contributed by atoms with E-state index < -0.39 is 0 Å². The van der Waals surface area contributed by atoms with Gasteiger partial charge in [-0.25, -0.2) is 4.98 Å². The minimum absolute atomic E-state index is 0.139. The van der Waals surface area contributed by atoms with Crippen LogP contribution >= 0.6 is 11.3 Å². The Hall–Kier alpha value is -2.62. The maximum atomic E-state index is 11.6. The number of unbranched alkanes of at least 4 members (excludes halogenated alkanes) is 1. The molecule has 1 aromatic carbocycles. The lowest BCUT2D eigenvalue weighted by atomic mass is 9.92. The number of carbonyl (C=O) groups excluding carboxylic acids is 3. The number of carbonyl (C=O) groups is 3. The van der Waals surface area contributed by atoms with Gasteiger partial charge in [-0.3, -0.25) is 14.5 Å². The SMILES string of the molecule is C=O.CC.CC(C)(C)CC(=O)N1CCCC1.CCCCc1ccc(-c2scnc2C)cc1.NC(=O)CN1CCNCC1. The maximum Gasteiger partial charge on any atom is 0.231 e. The molecule has 2 aromatic rings. The van der Waals surface area contributed by atoms with Gasteiger partial charge in [-0.2, -0.15) is 0 Å². The number of thiazole rings is 1. The minimum Gasteiger partial charge on any atom is -0.369 e. The highest BCUT2D eigenvalue weighted by molar-refractivity contribution is 7.13. The molecule has 0 bridgehead atoms. The lowest BCUT2D eigenvalue weighted by molar-refractivity contribution is -0.132. The summed E-state index contributed by atoms with van der Waals surface area (Å²) < 4.78 is 0. The van der Waals surface area contributed by atoms with Crippen molar-refractivity contribution in [3.05, 3.63) is 41.0 Å². The van der Waals surface area contributed by atoms with Crippen molar-refractivity contribution in [3.63, 3.8) is 0 Å². The zero-order chi connectivity index (χ0) is 32.0. The van der Waals surface area contributed by atoms with Crippen molar-refractivity contribution in [1.29, 1.82) is 0 Å². The van der Waals surface area contributed by atoms with Crippen LogP contribution in [-0.4, -0.2) is 79.2 Å². The average Bonchev–Trinajstić information content (AvgIpc) is 3.67. The molecule has 9 heteroatoms. The number of hydrogen-bond acceptors (Lipinski definition) is 7. The van der Waals surface area contributed by atoms with Crippen LogP contribution in [0.5, 0.6) is 0 Å². The lowest BCUT2D eigenvalue weighted by Crippen LogP contribution is -2.46. The number of nitrogens with zero attached hydrogens (tertiary/aromatic N) is 3. The molecule has 2 saturated heterocycles. The van der Waals surface area contributed by atoms with Gasteiger partial charge in [0.25, 0.3) is 0 Å². The van der Waals surface area contributed by atoms with E-state index in [1.165, 1.54) is 48.1 Å². The lowest BCUT2D eigenvalue weighted by Gasteiger charge is -2.25. The quantitative estimate of drug-likeness (QED) is 0.419. The predicted octanol–water partition coefficient (Wildman–Crippen LogP) is 5.72.